The Bertz CT molecular complexity index is 500. The van der Waals surface area contributed by atoms with Gasteiger partial charge in [-0.1, -0.05) is 19.9 Å². The van der Waals surface area contributed by atoms with E-state index in [1.807, 2.05) is 32.9 Å². The average molecular weight is 342 g/mol. The van der Waals surface area contributed by atoms with Gasteiger partial charge in [0.25, 0.3) is 5.91 Å². The first kappa shape index (κ1) is 16.7. The highest BCUT2D eigenvalue weighted by Gasteiger charge is 2.20. The maximum Gasteiger partial charge on any atom is 0.308 e. The fourth-order valence-corrected chi connectivity index (χ4v) is 2.63. The lowest BCUT2D eigenvalue weighted by molar-refractivity contribution is -0.142. The summed E-state index contributed by atoms with van der Waals surface area (Å²) in [6, 6.07) is 5.44. The van der Waals surface area contributed by atoms with Crippen LogP contribution in [0.4, 0.5) is 0 Å². The van der Waals surface area contributed by atoms with Crippen molar-refractivity contribution in [3.8, 4) is 0 Å². The highest BCUT2D eigenvalue weighted by Crippen LogP contribution is 2.18. The van der Waals surface area contributed by atoms with Crippen LogP contribution in [-0.4, -0.2) is 23.5 Å². The number of hydrogen-bond acceptors (Lipinski definition) is 2. The molecule has 1 rings (SSSR count). The number of rotatable bonds is 6. The SMILES string of the molecule is Cc1ccc(C(=O)NCC(CC(C)C)C(=O)O)c(Br)c1. The normalized spacial score (nSPS) is 12.2. The lowest BCUT2D eigenvalue weighted by Crippen LogP contribution is -2.33. The van der Waals surface area contributed by atoms with Crippen LogP contribution in [0.2, 0.25) is 0 Å². The van der Waals surface area contributed by atoms with Crippen molar-refractivity contribution in [1.29, 1.82) is 0 Å². The van der Waals surface area contributed by atoms with Gasteiger partial charge in [-0.25, -0.2) is 0 Å². The van der Waals surface area contributed by atoms with Crippen molar-refractivity contribution in [3.05, 3.63) is 33.8 Å². The molecule has 1 aromatic rings. The fraction of sp³-hybridized carbons (Fsp3) is 0.467. The first-order valence-corrected chi connectivity index (χ1v) is 7.37. The summed E-state index contributed by atoms with van der Waals surface area (Å²) in [6.07, 6.45) is 0.546. The zero-order valence-corrected chi connectivity index (χ0v) is 13.5. The molecule has 0 aromatic heterocycles. The summed E-state index contributed by atoms with van der Waals surface area (Å²) in [7, 11) is 0. The number of hydrogen-bond donors (Lipinski definition) is 2. The number of carboxylic acids is 1. The fourth-order valence-electron chi connectivity index (χ4n) is 1.96. The zero-order valence-electron chi connectivity index (χ0n) is 11.9. The van der Waals surface area contributed by atoms with Gasteiger partial charge in [0.1, 0.15) is 0 Å². The van der Waals surface area contributed by atoms with Gasteiger partial charge >= 0.3 is 5.97 Å². The van der Waals surface area contributed by atoms with E-state index in [2.05, 4.69) is 21.2 Å². The zero-order chi connectivity index (χ0) is 15.3. The molecule has 0 saturated heterocycles. The number of benzene rings is 1. The molecule has 20 heavy (non-hydrogen) atoms. The molecular weight excluding hydrogens is 322 g/mol. The molecule has 2 N–H and O–H groups in total. The van der Waals surface area contributed by atoms with Gasteiger partial charge in [-0.2, -0.15) is 0 Å². The van der Waals surface area contributed by atoms with Crippen LogP contribution < -0.4 is 5.32 Å². The number of carbonyl (C=O) groups excluding carboxylic acids is 1. The number of carboxylic acid groups (broad SMARTS) is 1. The lowest BCUT2D eigenvalue weighted by atomic mass is 9.97. The maximum absolute atomic E-state index is 12.1. The standard InChI is InChI=1S/C15H20BrNO3/c1-9(2)6-11(15(19)20)8-17-14(18)12-5-4-10(3)7-13(12)16/h4-5,7,9,11H,6,8H2,1-3H3,(H,17,18)(H,19,20). The van der Waals surface area contributed by atoms with E-state index in [-0.39, 0.29) is 18.4 Å². The van der Waals surface area contributed by atoms with E-state index in [4.69, 9.17) is 5.11 Å². The second-order valence-corrected chi connectivity index (χ2v) is 6.21. The first-order chi connectivity index (χ1) is 9.31. The van der Waals surface area contributed by atoms with E-state index in [1.165, 1.54) is 0 Å². The number of amides is 1. The summed E-state index contributed by atoms with van der Waals surface area (Å²) >= 11 is 3.35. The van der Waals surface area contributed by atoms with Gasteiger partial charge in [0.2, 0.25) is 0 Å². The Hall–Kier alpha value is -1.36. The van der Waals surface area contributed by atoms with Crippen LogP contribution in [0.1, 0.15) is 36.2 Å². The number of nitrogens with one attached hydrogen (secondary N) is 1. The van der Waals surface area contributed by atoms with Crippen molar-refractivity contribution < 1.29 is 14.7 Å². The highest BCUT2D eigenvalue weighted by molar-refractivity contribution is 9.10. The number of aliphatic carboxylic acids is 1. The summed E-state index contributed by atoms with van der Waals surface area (Å²) in [5.41, 5.74) is 1.57. The van der Waals surface area contributed by atoms with Crippen molar-refractivity contribution in [3.63, 3.8) is 0 Å². The molecule has 1 unspecified atom stereocenters. The van der Waals surface area contributed by atoms with Gasteiger partial charge in [-0.3, -0.25) is 9.59 Å². The van der Waals surface area contributed by atoms with Crippen molar-refractivity contribution in [2.75, 3.05) is 6.54 Å². The molecule has 0 heterocycles. The van der Waals surface area contributed by atoms with Crippen LogP contribution in [0.3, 0.4) is 0 Å². The largest absolute Gasteiger partial charge is 0.481 e. The maximum atomic E-state index is 12.1. The topological polar surface area (TPSA) is 66.4 Å². The van der Waals surface area contributed by atoms with E-state index in [1.54, 1.807) is 6.07 Å². The van der Waals surface area contributed by atoms with E-state index in [9.17, 15) is 9.59 Å². The smallest absolute Gasteiger partial charge is 0.308 e. The minimum atomic E-state index is -0.873. The summed E-state index contributed by atoms with van der Waals surface area (Å²) in [5, 5.41) is 11.8. The Kier molecular flexibility index (Phi) is 6.20. The summed E-state index contributed by atoms with van der Waals surface area (Å²) in [5.74, 6) is -1.41. The molecule has 0 aliphatic carbocycles. The van der Waals surface area contributed by atoms with Gasteiger partial charge in [0, 0.05) is 11.0 Å². The summed E-state index contributed by atoms with van der Waals surface area (Å²) in [6.45, 7) is 6.02. The predicted molar refractivity (Wildman–Crippen MR) is 81.8 cm³/mol. The van der Waals surface area contributed by atoms with E-state index in [0.29, 0.717) is 16.5 Å². The molecule has 110 valence electrons. The van der Waals surface area contributed by atoms with E-state index >= 15 is 0 Å². The molecule has 1 aromatic carbocycles. The molecule has 1 amide bonds. The molecular formula is C15H20BrNO3. The molecule has 0 saturated carbocycles. The Morgan fingerprint density at radius 3 is 2.50 bits per heavy atom. The third-order valence-corrected chi connectivity index (χ3v) is 3.64. The molecule has 0 spiro atoms. The van der Waals surface area contributed by atoms with Crippen molar-refractivity contribution in [2.24, 2.45) is 11.8 Å². The van der Waals surface area contributed by atoms with Crippen LogP contribution in [-0.2, 0) is 4.79 Å². The third kappa shape index (κ3) is 4.96. The Morgan fingerprint density at radius 1 is 1.35 bits per heavy atom. The molecule has 0 aliphatic heterocycles. The molecule has 0 bridgehead atoms. The Balaban J connectivity index is 2.68. The van der Waals surface area contributed by atoms with Gasteiger partial charge < -0.3 is 10.4 Å². The van der Waals surface area contributed by atoms with E-state index < -0.39 is 11.9 Å². The van der Waals surface area contributed by atoms with Crippen LogP contribution in [0.5, 0.6) is 0 Å². The minimum Gasteiger partial charge on any atom is -0.481 e. The molecule has 0 aliphatic rings. The second-order valence-electron chi connectivity index (χ2n) is 5.36. The van der Waals surface area contributed by atoms with Crippen LogP contribution >= 0.6 is 15.9 Å². The van der Waals surface area contributed by atoms with Crippen LogP contribution in [0.15, 0.2) is 22.7 Å². The first-order valence-electron chi connectivity index (χ1n) is 6.58. The quantitative estimate of drug-likeness (QED) is 0.834. The molecule has 0 fully saturated rings. The monoisotopic (exact) mass is 341 g/mol. The highest BCUT2D eigenvalue weighted by atomic mass is 79.9. The lowest BCUT2D eigenvalue weighted by Gasteiger charge is -2.15. The van der Waals surface area contributed by atoms with Gasteiger partial charge in [0.05, 0.1) is 11.5 Å². The van der Waals surface area contributed by atoms with E-state index in [0.717, 1.165) is 5.56 Å². The second kappa shape index (κ2) is 7.43. The number of aryl methyl sites for hydroxylation is 1. The molecule has 5 heteroatoms. The van der Waals surface area contributed by atoms with Crippen molar-refractivity contribution >= 4 is 27.8 Å². The Morgan fingerprint density at radius 2 is 2.00 bits per heavy atom. The van der Waals surface area contributed by atoms with Crippen LogP contribution in [0.25, 0.3) is 0 Å². The molecule has 0 radical (unpaired) electrons. The van der Waals surface area contributed by atoms with Gasteiger partial charge in [-0.05, 0) is 52.9 Å². The summed E-state index contributed by atoms with van der Waals surface area (Å²) in [4.78, 5) is 23.2. The van der Waals surface area contributed by atoms with Crippen molar-refractivity contribution in [2.45, 2.75) is 27.2 Å². The molecule has 1 atom stereocenters. The number of carbonyl (C=O) groups is 2. The summed E-state index contributed by atoms with van der Waals surface area (Å²) < 4.78 is 0.714. The van der Waals surface area contributed by atoms with Crippen molar-refractivity contribution in [1.82, 2.24) is 5.32 Å². The molecule has 4 nitrogen and oxygen atoms in total. The Labute approximate surface area is 127 Å². The average Bonchev–Trinajstić information content (AvgIpc) is 2.33. The van der Waals surface area contributed by atoms with Gasteiger partial charge in [0.15, 0.2) is 0 Å². The predicted octanol–water partition coefficient (Wildman–Crippen LogP) is 3.23. The van der Waals surface area contributed by atoms with Gasteiger partial charge in [-0.15, -0.1) is 0 Å². The van der Waals surface area contributed by atoms with Crippen LogP contribution in [0, 0.1) is 18.8 Å². The number of halogens is 1. The third-order valence-electron chi connectivity index (χ3n) is 2.98. The minimum absolute atomic E-state index is 0.145.